The third kappa shape index (κ3) is 1.93. The van der Waals surface area contributed by atoms with Crippen LogP contribution in [0, 0.1) is 0 Å². The van der Waals surface area contributed by atoms with Gasteiger partial charge in [0, 0.05) is 19.4 Å². The van der Waals surface area contributed by atoms with Crippen molar-refractivity contribution in [1.29, 1.82) is 0 Å². The van der Waals surface area contributed by atoms with Gasteiger partial charge < -0.3 is 10.1 Å². The monoisotopic (exact) mass is 157 g/mol. The van der Waals surface area contributed by atoms with Gasteiger partial charge in [-0.1, -0.05) is 0 Å². The van der Waals surface area contributed by atoms with Crippen LogP contribution >= 0.6 is 0 Å². The quantitative estimate of drug-likeness (QED) is 0.566. The van der Waals surface area contributed by atoms with Gasteiger partial charge in [0.1, 0.15) is 0 Å². The summed E-state index contributed by atoms with van der Waals surface area (Å²) in [5.41, 5.74) is 0. The molecule has 0 aliphatic carbocycles. The molecule has 0 spiro atoms. The fourth-order valence-electron chi connectivity index (χ4n) is 0.998. The number of carbonyl (C=O) groups is 2. The molecule has 1 amide bonds. The zero-order chi connectivity index (χ0) is 8.27. The highest BCUT2D eigenvalue weighted by molar-refractivity contribution is 5.86. The van der Waals surface area contributed by atoms with Crippen LogP contribution < -0.4 is 5.32 Å². The molecule has 11 heavy (non-hydrogen) atoms. The predicted molar refractivity (Wildman–Crippen MR) is 37.8 cm³/mol. The van der Waals surface area contributed by atoms with Gasteiger partial charge in [-0.25, -0.2) is 0 Å². The second kappa shape index (κ2) is 3.37. The maximum Gasteiger partial charge on any atom is 0.306 e. The first-order valence-electron chi connectivity index (χ1n) is 3.71. The van der Waals surface area contributed by atoms with E-state index in [1.54, 1.807) is 0 Å². The van der Waals surface area contributed by atoms with E-state index < -0.39 is 6.10 Å². The molecule has 1 rings (SSSR count). The van der Waals surface area contributed by atoms with Crippen molar-refractivity contribution in [3.05, 3.63) is 0 Å². The van der Waals surface area contributed by atoms with Gasteiger partial charge in [0.15, 0.2) is 6.10 Å². The summed E-state index contributed by atoms with van der Waals surface area (Å²) in [4.78, 5) is 21.6. The Hall–Kier alpha value is -1.06. The summed E-state index contributed by atoms with van der Waals surface area (Å²) in [6.07, 6.45) is 0.342. The molecule has 0 radical (unpaired) electrons. The SMILES string of the molecule is CCNC(=O)[C@H]1CCC(=O)O1. The van der Waals surface area contributed by atoms with E-state index in [2.05, 4.69) is 5.32 Å². The first kappa shape index (κ1) is 8.04. The lowest BCUT2D eigenvalue weighted by Crippen LogP contribution is -2.34. The second-order valence-corrected chi connectivity index (χ2v) is 2.41. The lowest BCUT2D eigenvalue weighted by molar-refractivity contribution is -0.148. The smallest absolute Gasteiger partial charge is 0.306 e. The first-order chi connectivity index (χ1) is 5.24. The normalized spacial score (nSPS) is 23.0. The molecular formula is C7H11NO3. The zero-order valence-electron chi connectivity index (χ0n) is 6.42. The average molecular weight is 157 g/mol. The minimum Gasteiger partial charge on any atom is -0.452 e. The Morgan fingerprint density at radius 3 is 3.00 bits per heavy atom. The van der Waals surface area contributed by atoms with Gasteiger partial charge in [-0.15, -0.1) is 0 Å². The van der Waals surface area contributed by atoms with Crippen molar-refractivity contribution in [3.63, 3.8) is 0 Å². The van der Waals surface area contributed by atoms with Crippen LogP contribution in [0.2, 0.25) is 0 Å². The lowest BCUT2D eigenvalue weighted by Gasteiger charge is -2.07. The Morgan fingerprint density at radius 2 is 2.55 bits per heavy atom. The topological polar surface area (TPSA) is 55.4 Å². The molecule has 0 bridgehead atoms. The van der Waals surface area contributed by atoms with Crippen molar-refractivity contribution >= 4 is 11.9 Å². The number of amides is 1. The highest BCUT2D eigenvalue weighted by Crippen LogP contribution is 2.13. The van der Waals surface area contributed by atoms with E-state index in [0.717, 1.165) is 0 Å². The predicted octanol–water partition coefficient (Wildman–Crippen LogP) is -0.172. The van der Waals surface area contributed by atoms with Crippen molar-refractivity contribution in [3.8, 4) is 0 Å². The van der Waals surface area contributed by atoms with Crippen LogP contribution in [0.15, 0.2) is 0 Å². The van der Waals surface area contributed by atoms with Crippen LogP contribution in [-0.4, -0.2) is 24.5 Å². The first-order valence-corrected chi connectivity index (χ1v) is 3.71. The van der Waals surface area contributed by atoms with E-state index in [1.807, 2.05) is 6.92 Å². The lowest BCUT2D eigenvalue weighted by atomic mass is 10.2. The molecule has 62 valence electrons. The second-order valence-electron chi connectivity index (χ2n) is 2.41. The number of rotatable bonds is 2. The maximum absolute atomic E-state index is 11.0. The molecule has 4 nitrogen and oxygen atoms in total. The minimum atomic E-state index is -0.539. The Bertz CT molecular complexity index is 179. The molecule has 1 aliphatic heterocycles. The van der Waals surface area contributed by atoms with E-state index in [9.17, 15) is 9.59 Å². The molecule has 1 fully saturated rings. The molecule has 1 aliphatic rings. The van der Waals surface area contributed by atoms with Crippen LogP contribution in [0.3, 0.4) is 0 Å². The number of cyclic esters (lactones) is 1. The van der Waals surface area contributed by atoms with Gasteiger partial charge in [0.25, 0.3) is 5.91 Å². The summed E-state index contributed by atoms with van der Waals surface area (Å²) in [7, 11) is 0. The number of hydrogen-bond donors (Lipinski definition) is 1. The third-order valence-electron chi connectivity index (χ3n) is 1.53. The van der Waals surface area contributed by atoms with E-state index in [0.29, 0.717) is 19.4 Å². The molecule has 0 aromatic rings. The molecule has 0 aromatic heterocycles. The van der Waals surface area contributed by atoms with Gasteiger partial charge in [-0.2, -0.15) is 0 Å². The van der Waals surface area contributed by atoms with E-state index in [4.69, 9.17) is 4.74 Å². The zero-order valence-corrected chi connectivity index (χ0v) is 6.42. The van der Waals surface area contributed by atoms with Gasteiger partial charge in [-0.3, -0.25) is 9.59 Å². The van der Waals surface area contributed by atoms with Crippen LogP contribution in [0.5, 0.6) is 0 Å². The van der Waals surface area contributed by atoms with Crippen molar-refractivity contribution < 1.29 is 14.3 Å². The number of likely N-dealkylation sites (N-methyl/N-ethyl adjacent to an activating group) is 1. The molecule has 1 heterocycles. The van der Waals surface area contributed by atoms with Gasteiger partial charge in [-0.05, 0) is 6.92 Å². The van der Waals surface area contributed by atoms with Crippen LogP contribution in [0.4, 0.5) is 0 Å². The highest BCUT2D eigenvalue weighted by atomic mass is 16.6. The van der Waals surface area contributed by atoms with Crippen molar-refractivity contribution in [1.82, 2.24) is 5.32 Å². The van der Waals surface area contributed by atoms with E-state index in [-0.39, 0.29) is 11.9 Å². The number of ether oxygens (including phenoxy) is 1. The van der Waals surface area contributed by atoms with Gasteiger partial charge >= 0.3 is 5.97 Å². The molecule has 1 N–H and O–H groups in total. The molecule has 1 saturated heterocycles. The number of nitrogens with one attached hydrogen (secondary N) is 1. The highest BCUT2D eigenvalue weighted by Gasteiger charge is 2.28. The summed E-state index contributed by atoms with van der Waals surface area (Å²) in [5, 5.41) is 2.59. The third-order valence-corrected chi connectivity index (χ3v) is 1.53. The van der Waals surface area contributed by atoms with Crippen LogP contribution in [-0.2, 0) is 14.3 Å². The number of carbonyl (C=O) groups excluding carboxylic acids is 2. The molecule has 0 aromatic carbocycles. The van der Waals surface area contributed by atoms with E-state index in [1.165, 1.54) is 0 Å². The van der Waals surface area contributed by atoms with Crippen LogP contribution in [0.25, 0.3) is 0 Å². The summed E-state index contributed by atoms with van der Waals surface area (Å²) in [6, 6.07) is 0. The Balaban J connectivity index is 2.37. The largest absolute Gasteiger partial charge is 0.452 e. The Kier molecular flexibility index (Phi) is 2.46. The molecule has 0 unspecified atom stereocenters. The van der Waals surface area contributed by atoms with E-state index >= 15 is 0 Å². The summed E-state index contributed by atoms with van der Waals surface area (Å²) in [6.45, 7) is 2.40. The summed E-state index contributed by atoms with van der Waals surface area (Å²) in [5.74, 6) is -0.459. The average Bonchev–Trinajstić information content (AvgIpc) is 2.36. The molecule has 4 heteroatoms. The minimum absolute atomic E-state index is 0.182. The molecule has 1 atom stereocenters. The fraction of sp³-hybridized carbons (Fsp3) is 0.714. The number of hydrogen-bond acceptors (Lipinski definition) is 3. The molecule has 0 saturated carbocycles. The Labute approximate surface area is 64.9 Å². The van der Waals surface area contributed by atoms with Crippen LogP contribution in [0.1, 0.15) is 19.8 Å². The molecular weight excluding hydrogens is 146 g/mol. The van der Waals surface area contributed by atoms with Crippen molar-refractivity contribution in [2.45, 2.75) is 25.9 Å². The fourth-order valence-corrected chi connectivity index (χ4v) is 0.998. The maximum atomic E-state index is 11.0. The standard InChI is InChI=1S/C7H11NO3/c1-2-8-7(10)5-3-4-6(9)11-5/h5H,2-4H2,1H3,(H,8,10)/t5-/m1/s1. The van der Waals surface area contributed by atoms with Crippen molar-refractivity contribution in [2.24, 2.45) is 0 Å². The van der Waals surface area contributed by atoms with Gasteiger partial charge in [0.05, 0.1) is 0 Å². The van der Waals surface area contributed by atoms with Crippen molar-refractivity contribution in [2.75, 3.05) is 6.54 Å². The number of esters is 1. The Morgan fingerprint density at radius 1 is 1.82 bits per heavy atom. The summed E-state index contributed by atoms with van der Waals surface area (Å²) >= 11 is 0. The summed E-state index contributed by atoms with van der Waals surface area (Å²) < 4.78 is 4.72. The van der Waals surface area contributed by atoms with Gasteiger partial charge in [0.2, 0.25) is 0 Å².